The van der Waals surface area contributed by atoms with E-state index in [1.807, 2.05) is 6.92 Å². The van der Waals surface area contributed by atoms with Crippen molar-refractivity contribution in [1.29, 1.82) is 0 Å². The minimum Gasteiger partial charge on any atom is -0.494 e. The van der Waals surface area contributed by atoms with Gasteiger partial charge in [0.15, 0.2) is 0 Å². The normalized spacial score (nSPS) is 15.8. The molecule has 0 atom stereocenters. The van der Waals surface area contributed by atoms with E-state index in [1.165, 1.54) is 15.6 Å². The number of carbonyl (C=O) groups is 1. The van der Waals surface area contributed by atoms with E-state index in [1.54, 1.807) is 41.3 Å². The maximum absolute atomic E-state index is 12.8. The zero-order chi connectivity index (χ0) is 18.7. The Bertz CT molecular complexity index is 872. The van der Waals surface area contributed by atoms with Crippen molar-refractivity contribution in [2.45, 2.75) is 11.8 Å². The van der Waals surface area contributed by atoms with Gasteiger partial charge in [0.1, 0.15) is 5.75 Å². The van der Waals surface area contributed by atoms with Crippen molar-refractivity contribution in [2.75, 3.05) is 32.8 Å². The van der Waals surface area contributed by atoms with Crippen molar-refractivity contribution in [3.05, 3.63) is 45.6 Å². The molecule has 2 heterocycles. The SMILES string of the molecule is CCOc1ccc(S(=O)(=O)N2CCN(C(=O)c3ccc(Cl)s3)CC2)cc1. The number of hydrogen-bond donors (Lipinski definition) is 0. The van der Waals surface area contributed by atoms with Crippen LogP contribution in [-0.4, -0.2) is 56.3 Å². The second-order valence-corrected chi connectivity index (χ2v) is 9.36. The number of benzene rings is 1. The minimum absolute atomic E-state index is 0.111. The van der Waals surface area contributed by atoms with Crippen LogP contribution in [0.3, 0.4) is 0 Å². The molecule has 2 aromatic rings. The van der Waals surface area contributed by atoms with Crippen LogP contribution in [-0.2, 0) is 10.0 Å². The Hall–Kier alpha value is -1.61. The van der Waals surface area contributed by atoms with E-state index in [0.29, 0.717) is 34.7 Å². The number of halogens is 1. The van der Waals surface area contributed by atoms with Gasteiger partial charge in [0.2, 0.25) is 10.0 Å². The lowest BCUT2D eigenvalue weighted by molar-refractivity contribution is 0.0703. The van der Waals surface area contributed by atoms with Crippen LogP contribution < -0.4 is 4.74 Å². The first kappa shape index (κ1) is 19.2. The summed E-state index contributed by atoms with van der Waals surface area (Å²) in [5.74, 6) is 0.525. The Labute approximate surface area is 162 Å². The van der Waals surface area contributed by atoms with Crippen molar-refractivity contribution in [3.8, 4) is 5.75 Å². The van der Waals surface area contributed by atoms with Gasteiger partial charge in [-0.25, -0.2) is 8.42 Å². The summed E-state index contributed by atoms with van der Waals surface area (Å²) in [4.78, 5) is 14.9. The Balaban J connectivity index is 1.65. The van der Waals surface area contributed by atoms with Crippen LogP contribution >= 0.6 is 22.9 Å². The molecule has 0 radical (unpaired) electrons. The molecule has 6 nitrogen and oxygen atoms in total. The summed E-state index contributed by atoms with van der Waals surface area (Å²) >= 11 is 7.10. The van der Waals surface area contributed by atoms with Gasteiger partial charge < -0.3 is 9.64 Å². The molecule has 1 amide bonds. The van der Waals surface area contributed by atoms with Crippen LogP contribution in [0.15, 0.2) is 41.3 Å². The molecule has 0 aliphatic carbocycles. The summed E-state index contributed by atoms with van der Waals surface area (Å²) in [6, 6.07) is 9.77. The topological polar surface area (TPSA) is 66.9 Å². The van der Waals surface area contributed by atoms with Gasteiger partial charge in [-0.3, -0.25) is 4.79 Å². The van der Waals surface area contributed by atoms with Crippen LogP contribution in [0.4, 0.5) is 0 Å². The average molecular weight is 415 g/mol. The highest BCUT2D eigenvalue weighted by atomic mass is 35.5. The number of piperazine rings is 1. The van der Waals surface area contributed by atoms with Crippen LogP contribution in [0.1, 0.15) is 16.6 Å². The van der Waals surface area contributed by atoms with Crippen molar-refractivity contribution >= 4 is 38.9 Å². The van der Waals surface area contributed by atoms with E-state index in [4.69, 9.17) is 16.3 Å². The van der Waals surface area contributed by atoms with Gasteiger partial charge >= 0.3 is 0 Å². The largest absolute Gasteiger partial charge is 0.494 e. The molecule has 140 valence electrons. The quantitative estimate of drug-likeness (QED) is 0.754. The van der Waals surface area contributed by atoms with E-state index in [-0.39, 0.29) is 23.9 Å². The lowest BCUT2D eigenvalue weighted by Crippen LogP contribution is -2.50. The fraction of sp³-hybridized carbons (Fsp3) is 0.353. The standard InChI is InChI=1S/C17H19ClN2O4S2/c1-2-24-13-3-5-14(6-4-13)26(22,23)20-11-9-19(10-12-20)17(21)15-7-8-16(18)25-15/h3-8H,2,9-12H2,1H3. The molecule has 0 unspecified atom stereocenters. The van der Waals surface area contributed by atoms with Crippen LogP contribution in [0, 0.1) is 0 Å². The van der Waals surface area contributed by atoms with Gasteiger partial charge in [0.25, 0.3) is 5.91 Å². The van der Waals surface area contributed by atoms with Crippen molar-refractivity contribution in [2.24, 2.45) is 0 Å². The van der Waals surface area contributed by atoms with Gasteiger partial charge in [0, 0.05) is 26.2 Å². The van der Waals surface area contributed by atoms with Gasteiger partial charge in [-0.2, -0.15) is 4.31 Å². The smallest absolute Gasteiger partial charge is 0.264 e. The van der Waals surface area contributed by atoms with Crippen molar-refractivity contribution in [3.63, 3.8) is 0 Å². The summed E-state index contributed by atoms with van der Waals surface area (Å²) in [7, 11) is -3.58. The first-order valence-electron chi connectivity index (χ1n) is 8.19. The summed E-state index contributed by atoms with van der Waals surface area (Å²) in [6.07, 6.45) is 0. The number of ether oxygens (including phenoxy) is 1. The van der Waals surface area contributed by atoms with E-state index < -0.39 is 10.0 Å². The van der Waals surface area contributed by atoms with Crippen molar-refractivity contribution in [1.82, 2.24) is 9.21 Å². The summed E-state index contributed by atoms with van der Waals surface area (Å²) in [6.45, 7) is 3.63. The highest BCUT2D eigenvalue weighted by Gasteiger charge is 2.30. The molecule has 1 saturated heterocycles. The Morgan fingerprint density at radius 3 is 2.31 bits per heavy atom. The molecule has 26 heavy (non-hydrogen) atoms. The molecular weight excluding hydrogens is 396 g/mol. The summed E-state index contributed by atoms with van der Waals surface area (Å²) in [5, 5.41) is 0. The fourth-order valence-corrected chi connectivity index (χ4v) is 5.17. The van der Waals surface area contributed by atoms with Crippen LogP contribution in [0.5, 0.6) is 5.75 Å². The maximum atomic E-state index is 12.8. The third-order valence-corrected chi connectivity index (χ3v) is 7.21. The Kier molecular flexibility index (Phi) is 5.86. The molecule has 1 aliphatic rings. The Morgan fingerprint density at radius 1 is 1.12 bits per heavy atom. The summed E-state index contributed by atoms with van der Waals surface area (Å²) < 4.78 is 32.9. The van der Waals surface area contributed by atoms with Crippen LogP contribution in [0.25, 0.3) is 0 Å². The monoisotopic (exact) mass is 414 g/mol. The van der Waals surface area contributed by atoms with Gasteiger partial charge in [-0.15, -0.1) is 11.3 Å². The van der Waals surface area contributed by atoms with Gasteiger partial charge in [-0.1, -0.05) is 11.6 Å². The lowest BCUT2D eigenvalue weighted by atomic mass is 10.3. The molecule has 0 bridgehead atoms. The minimum atomic E-state index is -3.58. The zero-order valence-electron chi connectivity index (χ0n) is 14.2. The number of amides is 1. The predicted octanol–water partition coefficient (Wildman–Crippen LogP) is 2.95. The van der Waals surface area contributed by atoms with E-state index >= 15 is 0 Å². The highest BCUT2D eigenvalue weighted by molar-refractivity contribution is 7.89. The molecule has 0 N–H and O–H groups in total. The van der Waals surface area contributed by atoms with E-state index in [2.05, 4.69) is 0 Å². The number of thiophene rings is 1. The number of carbonyl (C=O) groups excluding carboxylic acids is 1. The van der Waals surface area contributed by atoms with Gasteiger partial charge in [-0.05, 0) is 43.3 Å². The van der Waals surface area contributed by atoms with Crippen LogP contribution in [0.2, 0.25) is 4.34 Å². The lowest BCUT2D eigenvalue weighted by Gasteiger charge is -2.33. The Morgan fingerprint density at radius 2 is 1.77 bits per heavy atom. The second-order valence-electron chi connectivity index (χ2n) is 5.70. The predicted molar refractivity (Wildman–Crippen MR) is 102 cm³/mol. The molecule has 1 fully saturated rings. The molecule has 0 spiro atoms. The second kappa shape index (κ2) is 7.96. The van der Waals surface area contributed by atoms with Gasteiger partial charge in [0.05, 0.1) is 20.7 Å². The first-order valence-corrected chi connectivity index (χ1v) is 10.8. The first-order chi connectivity index (χ1) is 12.4. The third-order valence-electron chi connectivity index (χ3n) is 4.08. The molecular formula is C17H19ClN2O4S2. The molecule has 1 aliphatic heterocycles. The molecule has 9 heteroatoms. The molecule has 1 aromatic carbocycles. The zero-order valence-corrected chi connectivity index (χ0v) is 16.6. The number of nitrogens with zero attached hydrogens (tertiary/aromatic N) is 2. The number of rotatable bonds is 5. The van der Waals surface area contributed by atoms with E-state index in [0.717, 1.165) is 0 Å². The van der Waals surface area contributed by atoms with Crippen molar-refractivity contribution < 1.29 is 17.9 Å². The molecule has 0 saturated carbocycles. The highest BCUT2D eigenvalue weighted by Crippen LogP contribution is 2.24. The molecule has 3 rings (SSSR count). The maximum Gasteiger partial charge on any atom is 0.264 e. The van der Waals surface area contributed by atoms with E-state index in [9.17, 15) is 13.2 Å². The number of sulfonamides is 1. The fourth-order valence-electron chi connectivity index (χ4n) is 2.74. The molecule has 1 aromatic heterocycles. The third kappa shape index (κ3) is 4.03. The summed E-state index contributed by atoms with van der Waals surface area (Å²) in [5.41, 5.74) is 0. The average Bonchev–Trinajstić information content (AvgIpc) is 3.08. The number of hydrogen-bond acceptors (Lipinski definition) is 5.